The molecule has 2 heteroatoms. The first kappa shape index (κ1) is 17.0. The molecule has 0 bridgehead atoms. The predicted molar refractivity (Wildman–Crippen MR) is 126 cm³/mol. The number of para-hydroxylation sites is 3. The fraction of sp³-hybridized carbons (Fsp3) is 0.0357. The van der Waals surface area contributed by atoms with E-state index in [1.807, 2.05) is 0 Å². The Morgan fingerprint density at radius 3 is 1.77 bits per heavy atom. The van der Waals surface area contributed by atoms with Crippen LogP contribution in [0.4, 0.5) is 0 Å². The Bertz CT molecular complexity index is 1480. The zero-order valence-corrected chi connectivity index (χ0v) is 16.7. The van der Waals surface area contributed by atoms with Crippen molar-refractivity contribution in [3.05, 3.63) is 109 Å². The van der Waals surface area contributed by atoms with E-state index in [-0.39, 0.29) is 0 Å². The smallest absolute Gasteiger partial charge is 0.146 e. The van der Waals surface area contributed by atoms with E-state index in [1.54, 1.807) is 0 Å². The number of hydrogen-bond acceptors (Lipinski definition) is 1. The second-order valence-electron chi connectivity index (χ2n) is 7.69. The van der Waals surface area contributed by atoms with Crippen LogP contribution >= 0.6 is 0 Å². The van der Waals surface area contributed by atoms with Gasteiger partial charge in [-0.1, -0.05) is 78.9 Å². The normalized spacial score (nSPS) is 11.5. The molecule has 1 aromatic heterocycles. The van der Waals surface area contributed by atoms with Crippen molar-refractivity contribution in [2.75, 3.05) is 0 Å². The molecule has 0 amide bonds. The van der Waals surface area contributed by atoms with Gasteiger partial charge in [-0.25, -0.2) is 4.98 Å². The second kappa shape index (κ2) is 6.57. The number of benzene rings is 5. The van der Waals surface area contributed by atoms with Gasteiger partial charge in [-0.15, -0.1) is 0 Å². The van der Waals surface area contributed by atoms with Crippen molar-refractivity contribution in [3.8, 4) is 17.1 Å². The van der Waals surface area contributed by atoms with Gasteiger partial charge in [0.05, 0.1) is 11.0 Å². The Labute approximate surface area is 175 Å². The topological polar surface area (TPSA) is 17.8 Å². The third-order valence-electron chi connectivity index (χ3n) is 6.00. The fourth-order valence-corrected chi connectivity index (χ4v) is 4.62. The van der Waals surface area contributed by atoms with Crippen LogP contribution in [-0.4, -0.2) is 9.55 Å². The van der Waals surface area contributed by atoms with Gasteiger partial charge in [-0.2, -0.15) is 0 Å². The molecule has 0 aliphatic carbocycles. The number of nitrogens with zero attached hydrogens (tertiary/aromatic N) is 2. The molecule has 0 spiro atoms. The van der Waals surface area contributed by atoms with E-state index in [0.29, 0.717) is 0 Å². The summed E-state index contributed by atoms with van der Waals surface area (Å²) in [6.07, 6.45) is 0. The van der Waals surface area contributed by atoms with Crippen LogP contribution in [0.1, 0.15) is 5.56 Å². The average Bonchev–Trinajstić information content (AvgIpc) is 3.19. The summed E-state index contributed by atoms with van der Waals surface area (Å²) in [7, 11) is 0. The van der Waals surface area contributed by atoms with Gasteiger partial charge < -0.3 is 0 Å². The van der Waals surface area contributed by atoms with E-state index in [2.05, 4.69) is 115 Å². The van der Waals surface area contributed by atoms with Crippen molar-refractivity contribution in [1.82, 2.24) is 9.55 Å². The summed E-state index contributed by atoms with van der Waals surface area (Å²) in [5.41, 5.74) is 5.74. The monoisotopic (exact) mass is 384 g/mol. The lowest BCUT2D eigenvalue weighted by atomic mass is 9.92. The molecular weight excluding hydrogens is 364 g/mol. The molecule has 6 rings (SSSR count). The maximum Gasteiger partial charge on any atom is 0.146 e. The van der Waals surface area contributed by atoms with Crippen LogP contribution in [0.2, 0.25) is 0 Å². The highest BCUT2D eigenvalue weighted by molar-refractivity contribution is 6.14. The molecule has 0 aliphatic heterocycles. The third-order valence-corrected chi connectivity index (χ3v) is 6.00. The molecule has 6 aromatic rings. The molecule has 30 heavy (non-hydrogen) atoms. The van der Waals surface area contributed by atoms with E-state index in [9.17, 15) is 0 Å². The van der Waals surface area contributed by atoms with Crippen LogP contribution in [-0.2, 0) is 0 Å². The van der Waals surface area contributed by atoms with Crippen LogP contribution in [0.3, 0.4) is 0 Å². The summed E-state index contributed by atoms with van der Waals surface area (Å²) >= 11 is 0. The molecule has 0 aliphatic rings. The summed E-state index contributed by atoms with van der Waals surface area (Å²) < 4.78 is 2.29. The highest BCUT2D eigenvalue weighted by Crippen LogP contribution is 2.40. The minimum atomic E-state index is 0.981. The fourth-order valence-electron chi connectivity index (χ4n) is 4.62. The molecule has 2 nitrogen and oxygen atoms in total. The minimum Gasteiger partial charge on any atom is -0.292 e. The highest BCUT2D eigenvalue weighted by Gasteiger charge is 2.20. The van der Waals surface area contributed by atoms with E-state index in [1.165, 1.54) is 32.7 Å². The van der Waals surface area contributed by atoms with Gasteiger partial charge in [-0.3, -0.25) is 4.57 Å². The largest absolute Gasteiger partial charge is 0.292 e. The maximum atomic E-state index is 5.15. The Kier molecular flexibility index (Phi) is 3.72. The standard InChI is InChI=1S/C28H20N2/c1-19-21-13-5-7-15-23(21)27(24-16-8-6-14-22(19)24)28-29-25-17-9-10-18-26(25)30(28)20-11-3-2-4-12-20/h2-18H,1H3. The zero-order valence-electron chi connectivity index (χ0n) is 16.7. The number of aromatic nitrogens is 2. The van der Waals surface area contributed by atoms with Crippen LogP contribution in [0, 0.1) is 6.92 Å². The van der Waals surface area contributed by atoms with Crippen LogP contribution in [0.15, 0.2) is 103 Å². The highest BCUT2D eigenvalue weighted by atomic mass is 15.1. The van der Waals surface area contributed by atoms with Crippen molar-refractivity contribution in [1.29, 1.82) is 0 Å². The SMILES string of the molecule is Cc1c2ccccc2c(-c2nc3ccccc3n2-c2ccccc2)c2ccccc12. The summed E-state index contributed by atoms with van der Waals surface area (Å²) in [5, 5.41) is 5.03. The molecule has 5 aromatic carbocycles. The Balaban J connectivity index is 1.85. The number of aryl methyl sites for hydroxylation is 1. The van der Waals surface area contributed by atoms with Gasteiger partial charge >= 0.3 is 0 Å². The first-order valence-electron chi connectivity index (χ1n) is 10.3. The number of fused-ring (bicyclic) bond motifs is 3. The van der Waals surface area contributed by atoms with Crippen molar-refractivity contribution < 1.29 is 0 Å². The number of hydrogen-bond donors (Lipinski definition) is 0. The zero-order chi connectivity index (χ0) is 20.1. The van der Waals surface area contributed by atoms with Crippen LogP contribution in [0.5, 0.6) is 0 Å². The minimum absolute atomic E-state index is 0.981. The Morgan fingerprint density at radius 2 is 1.10 bits per heavy atom. The Morgan fingerprint density at radius 1 is 0.567 bits per heavy atom. The molecule has 142 valence electrons. The molecule has 0 radical (unpaired) electrons. The lowest BCUT2D eigenvalue weighted by Crippen LogP contribution is -1.99. The summed E-state index contributed by atoms with van der Waals surface area (Å²) in [6, 6.07) is 36.3. The first-order chi connectivity index (χ1) is 14.8. The van der Waals surface area contributed by atoms with Crippen molar-refractivity contribution in [2.24, 2.45) is 0 Å². The second-order valence-corrected chi connectivity index (χ2v) is 7.69. The molecule has 0 saturated heterocycles. The molecule has 0 saturated carbocycles. The quantitative estimate of drug-likeness (QED) is 0.286. The lowest BCUT2D eigenvalue weighted by Gasteiger charge is -2.16. The van der Waals surface area contributed by atoms with Gasteiger partial charge in [0.2, 0.25) is 0 Å². The van der Waals surface area contributed by atoms with Gasteiger partial charge in [0, 0.05) is 11.3 Å². The van der Waals surface area contributed by atoms with Gasteiger partial charge in [0.25, 0.3) is 0 Å². The van der Waals surface area contributed by atoms with E-state index in [4.69, 9.17) is 4.98 Å². The summed E-state index contributed by atoms with van der Waals surface area (Å²) in [6.45, 7) is 2.22. The van der Waals surface area contributed by atoms with E-state index in [0.717, 1.165) is 22.5 Å². The van der Waals surface area contributed by atoms with Crippen molar-refractivity contribution >= 4 is 32.6 Å². The van der Waals surface area contributed by atoms with Crippen molar-refractivity contribution in [2.45, 2.75) is 6.92 Å². The van der Waals surface area contributed by atoms with Crippen molar-refractivity contribution in [3.63, 3.8) is 0 Å². The van der Waals surface area contributed by atoms with Gasteiger partial charge in [0.1, 0.15) is 5.82 Å². The molecule has 0 atom stereocenters. The number of imidazole rings is 1. The molecule has 1 heterocycles. The summed E-state index contributed by atoms with van der Waals surface area (Å²) in [5.74, 6) is 0.981. The maximum absolute atomic E-state index is 5.15. The molecule has 0 N–H and O–H groups in total. The summed E-state index contributed by atoms with van der Waals surface area (Å²) in [4.78, 5) is 5.15. The third kappa shape index (κ3) is 2.40. The van der Waals surface area contributed by atoms with E-state index < -0.39 is 0 Å². The lowest BCUT2D eigenvalue weighted by molar-refractivity contribution is 1.11. The first-order valence-corrected chi connectivity index (χ1v) is 10.3. The predicted octanol–water partition coefficient (Wildman–Crippen LogP) is 7.31. The molecule has 0 unspecified atom stereocenters. The van der Waals surface area contributed by atoms with E-state index >= 15 is 0 Å². The molecular formula is C28H20N2. The van der Waals surface area contributed by atoms with Gasteiger partial charge in [-0.05, 0) is 58.3 Å². The molecule has 0 fully saturated rings. The van der Waals surface area contributed by atoms with Crippen LogP contribution in [0.25, 0.3) is 49.7 Å². The average molecular weight is 384 g/mol. The van der Waals surface area contributed by atoms with Crippen LogP contribution < -0.4 is 0 Å². The Hall–Kier alpha value is -3.91. The van der Waals surface area contributed by atoms with Gasteiger partial charge in [0.15, 0.2) is 0 Å². The number of rotatable bonds is 2.